The van der Waals surface area contributed by atoms with Gasteiger partial charge in [-0.1, -0.05) is 18.1 Å². The fourth-order valence-electron chi connectivity index (χ4n) is 3.78. The molecule has 1 aromatic rings. The molecule has 0 aromatic heterocycles. The molecule has 1 aliphatic carbocycles. The first-order valence-electron chi connectivity index (χ1n) is 9.13. The molecule has 2 rings (SSSR count). The van der Waals surface area contributed by atoms with E-state index in [0.717, 1.165) is 0 Å². The molecule has 1 aromatic carbocycles. The lowest BCUT2D eigenvalue weighted by Gasteiger charge is -2.44. The van der Waals surface area contributed by atoms with Crippen molar-refractivity contribution in [2.45, 2.75) is 49.9 Å². The van der Waals surface area contributed by atoms with Gasteiger partial charge in [0.15, 0.2) is 0 Å². The van der Waals surface area contributed by atoms with Crippen LogP contribution in [0.2, 0.25) is 0 Å². The molecule has 1 aliphatic rings. The summed E-state index contributed by atoms with van der Waals surface area (Å²) in [7, 11) is 0. The zero-order valence-corrected chi connectivity index (χ0v) is 16.2. The van der Waals surface area contributed by atoms with Crippen molar-refractivity contribution in [3.8, 4) is 12.3 Å². The molecule has 9 heteroatoms. The molecule has 1 saturated carbocycles. The molecule has 0 saturated heterocycles. The van der Waals surface area contributed by atoms with Gasteiger partial charge in [-0.25, -0.2) is 9.59 Å². The number of esters is 2. The van der Waals surface area contributed by atoms with Gasteiger partial charge < -0.3 is 19.7 Å². The summed E-state index contributed by atoms with van der Waals surface area (Å²) in [6, 6.07) is 4.10. The van der Waals surface area contributed by atoms with Crippen LogP contribution < -0.4 is 0 Å². The minimum Gasteiger partial charge on any atom is -0.464 e. The van der Waals surface area contributed by atoms with Crippen molar-refractivity contribution in [3.63, 3.8) is 0 Å². The van der Waals surface area contributed by atoms with Crippen LogP contribution in [-0.4, -0.2) is 57.5 Å². The van der Waals surface area contributed by atoms with Crippen LogP contribution in [0, 0.1) is 22.5 Å². The van der Waals surface area contributed by atoms with E-state index in [9.17, 15) is 29.9 Å². The Bertz CT molecular complexity index is 796. The zero-order valence-electron chi connectivity index (χ0n) is 16.2. The number of carbonyl (C=O) groups is 2. The first-order valence-corrected chi connectivity index (χ1v) is 9.13. The number of rotatable bonds is 6. The number of ether oxygens (including phenoxy) is 2. The van der Waals surface area contributed by atoms with E-state index in [2.05, 4.69) is 5.92 Å². The van der Waals surface area contributed by atoms with Crippen LogP contribution >= 0.6 is 0 Å². The molecular formula is C20H23NO8. The lowest BCUT2D eigenvalue weighted by molar-refractivity contribution is -0.566. The maximum atomic E-state index is 12.5. The fourth-order valence-corrected chi connectivity index (χ4v) is 3.78. The standard InChI is InChI=1S/C20H23NO8/c1-4-13-7-9-14(10-8-13)15-11-19(24,17(22)28-5-2)16(21(26)27)20(25,12-15)18(23)29-6-3/h1,7-10,15-16,24-25H,5-6,11-12H2,2-3H3/t15-,16-,19-,20+. The molecule has 2 N–H and O–H groups in total. The number of hydrogen-bond donors (Lipinski definition) is 2. The lowest BCUT2D eigenvalue weighted by Crippen LogP contribution is -2.70. The van der Waals surface area contributed by atoms with E-state index in [1.165, 1.54) is 13.8 Å². The zero-order chi connectivity index (χ0) is 21.8. The van der Waals surface area contributed by atoms with Gasteiger partial charge in [-0.15, -0.1) is 6.42 Å². The molecule has 0 amide bonds. The van der Waals surface area contributed by atoms with Crippen molar-refractivity contribution in [2.24, 2.45) is 0 Å². The van der Waals surface area contributed by atoms with Crippen LogP contribution in [0.15, 0.2) is 24.3 Å². The Morgan fingerprint density at radius 1 is 1.14 bits per heavy atom. The van der Waals surface area contributed by atoms with Crippen molar-refractivity contribution in [2.75, 3.05) is 13.2 Å². The van der Waals surface area contributed by atoms with Gasteiger partial charge in [0, 0.05) is 23.3 Å². The number of hydrogen-bond acceptors (Lipinski definition) is 8. The van der Waals surface area contributed by atoms with Gasteiger partial charge in [0.1, 0.15) is 0 Å². The lowest BCUT2D eigenvalue weighted by atomic mass is 9.64. The SMILES string of the molecule is C#Cc1ccc([C@H]2C[C@@](O)(C(=O)OCC)[C@H]([N+](=O)[O-])[C@@](O)(C(=O)OCC)C2)cc1. The van der Waals surface area contributed by atoms with Crippen LogP contribution in [0.4, 0.5) is 0 Å². The number of benzene rings is 1. The number of nitro groups is 1. The largest absolute Gasteiger partial charge is 0.464 e. The summed E-state index contributed by atoms with van der Waals surface area (Å²) in [6.07, 6.45) is 4.49. The summed E-state index contributed by atoms with van der Waals surface area (Å²) >= 11 is 0. The Morgan fingerprint density at radius 2 is 1.59 bits per heavy atom. The summed E-state index contributed by atoms with van der Waals surface area (Å²) in [5.41, 5.74) is -4.37. The van der Waals surface area contributed by atoms with Gasteiger partial charge in [0.05, 0.1) is 13.2 Å². The Kier molecular flexibility index (Phi) is 6.62. The minimum absolute atomic E-state index is 0.148. The Labute approximate surface area is 167 Å². The van der Waals surface area contributed by atoms with Crippen LogP contribution in [0.25, 0.3) is 0 Å². The number of nitrogens with zero attached hydrogens (tertiary/aromatic N) is 1. The topological polar surface area (TPSA) is 136 Å². The van der Waals surface area contributed by atoms with E-state index in [4.69, 9.17) is 15.9 Å². The van der Waals surface area contributed by atoms with Gasteiger partial charge in [-0.05, 0) is 37.5 Å². The highest BCUT2D eigenvalue weighted by Gasteiger charge is 2.71. The van der Waals surface area contributed by atoms with E-state index in [-0.39, 0.29) is 13.2 Å². The molecule has 0 spiro atoms. The second kappa shape index (κ2) is 8.59. The van der Waals surface area contributed by atoms with E-state index in [1.807, 2.05) is 0 Å². The summed E-state index contributed by atoms with van der Waals surface area (Å²) in [5.74, 6) is -0.897. The third-order valence-corrected chi connectivity index (χ3v) is 5.04. The molecule has 0 heterocycles. The summed E-state index contributed by atoms with van der Waals surface area (Å²) in [4.78, 5) is 35.8. The fraction of sp³-hybridized carbons (Fsp3) is 0.500. The quantitative estimate of drug-likeness (QED) is 0.307. The van der Waals surface area contributed by atoms with Gasteiger partial charge in [-0.3, -0.25) is 10.1 Å². The average molecular weight is 405 g/mol. The second-order valence-electron chi connectivity index (χ2n) is 6.85. The van der Waals surface area contributed by atoms with E-state index < -0.39 is 52.9 Å². The molecule has 0 aliphatic heterocycles. The number of carbonyl (C=O) groups excluding carboxylic acids is 2. The molecule has 9 nitrogen and oxygen atoms in total. The van der Waals surface area contributed by atoms with Crippen molar-refractivity contribution in [1.82, 2.24) is 0 Å². The summed E-state index contributed by atoms with van der Waals surface area (Å²) in [5, 5.41) is 33.9. The number of aliphatic hydroxyl groups is 2. The molecule has 0 bridgehead atoms. The maximum Gasteiger partial charge on any atom is 0.345 e. The van der Waals surface area contributed by atoms with Crippen molar-refractivity contribution in [1.29, 1.82) is 0 Å². The smallest absolute Gasteiger partial charge is 0.345 e. The molecule has 0 radical (unpaired) electrons. The van der Waals surface area contributed by atoms with Gasteiger partial charge in [0.2, 0.25) is 11.2 Å². The van der Waals surface area contributed by atoms with Gasteiger partial charge >= 0.3 is 11.9 Å². The molecule has 0 unspecified atom stereocenters. The third kappa shape index (κ3) is 4.09. The van der Waals surface area contributed by atoms with Crippen LogP contribution in [0.1, 0.15) is 43.7 Å². The van der Waals surface area contributed by atoms with Gasteiger partial charge in [0.25, 0.3) is 6.04 Å². The van der Waals surface area contributed by atoms with Crippen molar-refractivity contribution < 1.29 is 34.2 Å². The Morgan fingerprint density at radius 3 is 1.93 bits per heavy atom. The Hall–Kier alpha value is -2.96. The van der Waals surface area contributed by atoms with Gasteiger partial charge in [-0.2, -0.15) is 0 Å². The molecule has 1 fully saturated rings. The van der Waals surface area contributed by atoms with Crippen molar-refractivity contribution in [3.05, 3.63) is 45.5 Å². The Balaban J connectivity index is 2.60. The molecule has 156 valence electrons. The van der Waals surface area contributed by atoms with Crippen LogP contribution in [0.5, 0.6) is 0 Å². The highest BCUT2D eigenvalue weighted by molar-refractivity contribution is 5.86. The monoisotopic (exact) mass is 405 g/mol. The highest BCUT2D eigenvalue weighted by Crippen LogP contribution is 2.46. The molecule has 29 heavy (non-hydrogen) atoms. The number of terminal acetylenes is 1. The highest BCUT2D eigenvalue weighted by atomic mass is 16.6. The second-order valence-corrected chi connectivity index (χ2v) is 6.85. The molecule has 4 atom stereocenters. The third-order valence-electron chi connectivity index (χ3n) is 5.04. The summed E-state index contributed by atoms with van der Waals surface area (Å²) in [6.45, 7) is 2.65. The summed E-state index contributed by atoms with van der Waals surface area (Å²) < 4.78 is 9.67. The first-order chi connectivity index (χ1) is 13.6. The van der Waals surface area contributed by atoms with Crippen LogP contribution in [-0.2, 0) is 19.1 Å². The normalized spacial score (nSPS) is 28.8. The predicted octanol–water partition coefficient (Wildman–Crippen LogP) is 0.779. The van der Waals surface area contributed by atoms with Crippen LogP contribution in [0.3, 0.4) is 0 Å². The van der Waals surface area contributed by atoms with E-state index in [0.29, 0.717) is 11.1 Å². The van der Waals surface area contributed by atoms with Crippen molar-refractivity contribution >= 4 is 11.9 Å². The maximum absolute atomic E-state index is 12.5. The minimum atomic E-state index is -2.74. The van der Waals surface area contributed by atoms with E-state index >= 15 is 0 Å². The molecular weight excluding hydrogens is 382 g/mol. The first kappa shape index (κ1) is 22.3. The van der Waals surface area contributed by atoms with E-state index in [1.54, 1.807) is 24.3 Å². The predicted molar refractivity (Wildman–Crippen MR) is 100 cm³/mol. The average Bonchev–Trinajstić information content (AvgIpc) is 2.67.